The Hall–Kier alpha value is -4.45. The lowest BCUT2D eigenvalue weighted by Crippen LogP contribution is -2.24. The predicted octanol–water partition coefficient (Wildman–Crippen LogP) is 4.59. The highest BCUT2D eigenvalue weighted by atomic mass is 16.5. The Morgan fingerprint density at radius 2 is 1.47 bits per heavy atom. The standard InChI is InChI=1S/C26H20N2O4/c29-25(18-31-24-15-12-20-6-4-5-9-22(20)16-24)28-27-17-19-10-13-23(14-11-19)32-26(30)21-7-2-1-3-8-21/h1-17H,18H2,(H,28,29)/b27-17-. The molecule has 0 radical (unpaired) electrons. The van der Waals surface area contributed by atoms with Gasteiger partial charge in [0.05, 0.1) is 11.8 Å². The van der Waals surface area contributed by atoms with Crippen LogP contribution in [0.5, 0.6) is 11.5 Å². The molecular formula is C26H20N2O4. The minimum Gasteiger partial charge on any atom is -0.484 e. The van der Waals surface area contributed by atoms with Crippen LogP contribution in [0.1, 0.15) is 15.9 Å². The zero-order chi connectivity index (χ0) is 22.2. The molecule has 1 N–H and O–H groups in total. The van der Waals surface area contributed by atoms with Gasteiger partial charge in [0.2, 0.25) is 0 Å². The number of amides is 1. The first-order chi connectivity index (χ1) is 15.7. The van der Waals surface area contributed by atoms with Gasteiger partial charge < -0.3 is 9.47 Å². The van der Waals surface area contributed by atoms with Gasteiger partial charge in [-0.2, -0.15) is 5.10 Å². The summed E-state index contributed by atoms with van der Waals surface area (Å²) in [6, 6.07) is 29.1. The van der Waals surface area contributed by atoms with Gasteiger partial charge in [-0.25, -0.2) is 10.2 Å². The van der Waals surface area contributed by atoms with Crippen molar-refractivity contribution in [2.45, 2.75) is 0 Å². The van der Waals surface area contributed by atoms with Crippen LogP contribution in [0, 0.1) is 0 Å². The number of carbonyl (C=O) groups excluding carboxylic acids is 2. The molecule has 0 aliphatic rings. The predicted molar refractivity (Wildman–Crippen MR) is 123 cm³/mol. The van der Waals surface area contributed by atoms with Crippen LogP contribution in [0.25, 0.3) is 10.8 Å². The smallest absolute Gasteiger partial charge is 0.343 e. The first-order valence-corrected chi connectivity index (χ1v) is 9.98. The van der Waals surface area contributed by atoms with E-state index in [0.29, 0.717) is 17.1 Å². The average Bonchev–Trinajstić information content (AvgIpc) is 2.84. The van der Waals surface area contributed by atoms with Crippen molar-refractivity contribution in [3.63, 3.8) is 0 Å². The summed E-state index contributed by atoms with van der Waals surface area (Å²) < 4.78 is 10.9. The SMILES string of the molecule is O=C(COc1ccc2ccccc2c1)N/N=C\c1ccc(OC(=O)c2ccccc2)cc1. The summed E-state index contributed by atoms with van der Waals surface area (Å²) in [4.78, 5) is 24.0. The zero-order valence-electron chi connectivity index (χ0n) is 17.1. The second-order valence-electron chi connectivity index (χ2n) is 6.92. The largest absolute Gasteiger partial charge is 0.484 e. The minimum atomic E-state index is -0.425. The van der Waals surface area contributed by atoms with Crippen LogP contribution in [-0.4, -0.2) is 24.7 Å². The Bertz CT molecular complexity index is 1250. The van der Waals surface area contributed by atoms with Crippen molar-refractivity contribution in [3.8, 4) is 11.5 Å². The number of hydrogen-bond donors (Lipinski definition) is 1. The molecule has 158 valence electrons. The molecule has 0 unspecified atom stereocenters. The number of rotatable bonds is 7. The third-order valence-corrected chi connectivity index (χ3v) is 4.59. The van der Waals surface area contributed by atoms with E-state index < -0.39 is 5.97 Å². The van der Waals surface area contributed by atoms with Crippen LogP contribution in [-0.2, 0) is 4.79 Å². The number of nitrogens with one attached hydrogen (secondary N) is 1. The number of benzene rings is 4. The van der Waals surface area contributed by atoms with E-state index in [1.807, 2.05) is 48.5 Å². The van der Waals surface area contributed by atoms with Gasteiger partial charge in [-0.3, -0.25) is 4.79 Å². The fourth-order valence-electron chi connectivity index (χ4n) is 2.98. The second kappa shape index (κ2) is 10.0. The number of hydrogen-bond acceptors (Lipinski definition) is 5. The van der Waals surface area contributed by atoms with Crippen LogP contribution >= 0.6 is 0 Å². The van der Waals surface area contributed by atoms with Crippen LogP contribution < -0.4 is 14.9 Å². The number of nitrogens with zero attached hydrogens (tertiary/aromatic N) is 1. The number of carbonyl (C=O) groups is 2. The van der Waals surface area contributed by atoms with Crippen LogP contribution in [0.15, 0.2) is 102 Å². The first-order valence-electron chi connectivity index (χ1n) is 9.98. The molecule has 0 heterocycles. The summed E-state index contributed by atoms with van der Waals surface area (Å²) in [5.74, 6) is 0.237. The van der Waals surface area contributed by atoms with E-state index in [1.165, 1.54) is 6.21 Å². The molecule has 0 fully saturated rings. The highest BCUT2D eigenvalue weighted by Crippen LogP contribution is 2.20. The van der Waals surface area contributed by atoms with E-state index in [2.05, 4.69) is 10.5 Å². The van der Waals surface area contributed by atoms with Crippen LogP contribution in [0.3, 0.4) is 0 Å². The topological polar surface area (TPSA) is 77.0 Å². The molecule has 32 heavy (non-hydrogen) atoms. The third kappa shape index (κ3) is 5.58. The Kier molecular flexibility index (Phi) is 6.53. The van der Waals surface area contributed by atoms with Gasteiger partial charge in [0.1, 0.15) is 11.5 Å². The summed E-state index contributed by atoms with van der Waals surface area (Å²) in [6.07, 6.45) is 1.50. The van der Waals surface area contributed by atoms with Gasteiger partial charge >= 0.3 is 5.97 Å². The maximum absolute atomic E-state index is 12.1. The Morgan fingerprint density at radius 1 is 0.781 bits per heavy atom. The quantitative estimate of drug-likeness (QED) is 0.204. The van der Waals surface area contributed by atoms with Gasteiger partial charge in [0.25, 0.3) is 5.91 Å². The Morgan fingerprint density at radius 3 is 2.25 bits per heavy atom. The third-order valence-electron chi connectivity index (χ3n) is 4.59. The number of ether oxygens (including phenoxy) is 2. The molecule has 6 heteroatoms. The number of esters is 1. The van der Waals surface area contributed by atoms with E-state index in [-0.39, 0.29) is 12.5 Å². The fraction of sp³-hybridized carbons (Fsp3) is 0.0385. The van der Waals surface area contributed by atoms with E-state index >= 15 is 0 Å². The van der Waals surface area contributed by atoms with Gasteiger partial charge in [-0.15, -0.1) is 0 Å². The van der Waals surface area contributed by atoms with Crippen LogP contribution in [0.4, 0.5) is 0 Å². The normalized spacial score (nSPS) is 10.8. The summed E-state index contributed by atoms with van der Waals surface area (Å²) in [5.41, 5.74) is 3.64. The lowest BCUT2D eigenvalue weighted by Gasteiger charge is -2.06. The molecule has 0 atom stereocenters. The number of fused-ring (bicyclic) bond motifs is 1. The molecule has 4 aromatic carbocycles. The van der Waals surface area contributed by atoms with E-state index in [4.69, 9.17) is 9.47 Å². The van der Waals surface area contributed by atoms with Crippen molar-refractivity contribution in [2.24, 2.45) is 5.10 Å². The van der Waals surface area contributed by atoms with Gasteiger partial charge in [0, 0.05) is 0 Å². The molecule has 0 spiro atoms. The molecule has 0 aliphatic carbocycles. The van der Waals surface area contributed by atoms with Crippen molar-refractivity contribution >= 4 is 28.9 Å². The lowest BCUT2D eigenvalue weighted by atomic mass is 10.1. The fourth-order valence-corrected chi connectivity index (χ4v) is 2.98. The van der Waals surface area contributed by atoms with Crippen molar-refractivity contribution in [1.29, 1.82) is 0 Å². The van der Waals surface area contributed by atoms with E-state index in [0.717, 1.165) is 16.3 Å². The molecule has 4 aromatic rings. The van der Waals surface area contributed by atoms with Crippen molar-refractivity contribution in [2.75, 3.05) is 6.61 Å². The molecule has 0 aliphatic heterocycles. The number of hydrazone groups is 1. The lowest BCUT2D eigenvalue weighted by molar-refractivity contribution is -0.123. The molecule has 0 bridgehead atoms. The first kappa shape index (κ1) is 20.8. The molecule has 0 saturated carbocycles. The molecular weight excluding hydrogens is 404 g/mol. The maximum atomic E-state index is 12.1. The van der Waals surface area contributed by atoms with E-state index in [9.17, 15) is 9.59 Å². The summed E-state index contributed by atoms with van der Waals surface area (Å²) >= 11 is 0. The Labute approximate surface area is 185 Å². The van der Waals surface area contributed by atoms with Gasteiger partial charge in [0.15, 0.2) is 6.61 Å². The zero-order valence-corrected chi connectivity index (χ0v) is 17.1. The highest BCUT2D eigenvalue weighted by molar-refractivity contribution is 5.91. The molecule has 4 rings (SSSR count). The van der Waals surface area contributed by atoms with Crippen molar-refractivity contribution in [1.82, 2.24) is 5.43 Å². The molecule has 0 aromatic heterocycles. The average molecular weight is 424 g/mol. The highest BCUT2D eigenvalue weighted by Gasteiger charge is 2.07. The Balaban J connectivity index is 1.25. The summed E-state index contributed by atoms with van der Waals surface area (Å²) in [7, 11) is 0. The van der Waals surface area contributed by atoms with Gasteiger partial charge in [-0.05, 0) is 64.9 Å². The monoisotopic (exact) mass is 424 g/mol. The summed E-state index contributed by atoms with van der Waals surface area (Å²) in [5, 5.41) is 6.08. The minimum absolute atomic E-state index is 0.149. The van der Waals surface area contributed by atoms with E-state index in [1.54, 1.807) is 48.5 Å². The maximum Gasteiger partial charge on any atom is 0.343 e. The molecule has 1 amide bonds. The molecule has 0 saturated heterocycles. The van der Waals surface area contributed by atoms with Gasteiger partial charge in [-0.1, -0.05) is 48.5 Å². The summed E-state index contributed by atoms with van der Waals surface area (Å²) in [6.45, 7) is -0.149. The van der Waals surface area contributed by atoms with Crippen molar-refractivity contribution < 1.29 is 19.1 Å². The second-order valence-corrected chi connectivity index (χ2v) is 6.92. The van der Waals surface area contributed by atoms with Crippen LogP contribution in [0.2, 0.25) is 0 Å². The van der Waals surface area contributed by atoms with Crippen molar-refractivity contribution in [3.05, 3.63) is 108 Å². The molecule has 6 nitrogen and oxygen atoms in total.